The van der Waals surface area contributed by atoms with Crippen molar-refractivity contribution in [2.45, 2.75) is 116 Å². The number of benzene rings is 1. The van der Waals surface area contributed by atoms with Crippen LogP contribution in [-0.4, -0.2) is 26.2 Å². The number of carbonyl (C=O) groups is 1. The minimum Gasteiger partial charge on any atom is -0.399 e. The standard InChI is InChI=1S/C28H50N2O3/c1-3-4-5-6-7-8-9-10-11-12-13-14-15-16-17-18-27(31)30-23-24-33-28(32-2)25-19-21-26(29)22-20-25/h19-22,28H,3-18,23-24,29H2,1-2H3,(H,30,31). The molecule has 0 saturated heterocycles. The van der Waals surface area contributed by atoms with E-state index in [2.05, 4.69) is 12.2 Å². The molecule has 0 spiro atoms. The largest absolute Gasteiger partial charge is 0.399 e. The number of unbranched alkanes of at least 4 members (excludes halogenated alkanes) is 14. The van der Waals surface area contributed by atoms with Crippen LogP contribution in [0.5, 0.6) is 0 Å². The lowest BCUT2D eigenvalue weighted by atomic mass is 10.0. The number of rotatable bonds is 22. The minimum absolute atomic E-state index is 0.106. The number of ether oxygens (including phenoxy) is 2. The second-order valence-corrected chi connectivity index (χ2v) is 9.15. The Kier molecular flexibility index (Phi) is 18.7. The quantitative estimate of drug-likeness (QED) is 0.108. The smallest absolute Gasteiger partial charge is 0.220 e. The maximum Gasteiger partial charge on any atom is 0.220 e. The van der Waals surface area contributed by atoms with E-state index in [0.29, 0.717) is 25.3 Å². The van der Waals surface area contributed by atoms with Crippen LogP contribution in [-0.2, 0) is 14.3 Å². The number of nitrogens with one attached hydrogen (secondary N) is 1. The van der Waals surface area contributed by atoms with Crippen LogP contribution in [0.3, 0.4) is 0 Å². The van der Waals surface area contributed by atoms with E-state index in [4.69, 9.17) is 15.2 Å². The Hall–Kier alpha value is -1.59. The van der Waals surface area contributed by atoms with E-state index in [1.165, 1.54) is 83.5 Å². The number of hydrogen-bond acceptors (Lipinski definition) is 4. The van der Waals surface area contributed by atoms with Crippen molar-refractivity contribution >= 4 is 11.6 Å². The molecule has 5 heteroatoms. The first-order valence-corrected chi connectivity index (χ1v) is 13.4. The molecule has 1 atom stereocenters. The fraction of sp³-hybridized carbons (Fsp3) is 0.750. The second-order valence-electron chi connectivity index (χ2n) is 9.15. The van der Waals surface area contributed by atoms with Gasteiger partial charge in [0.15, 0.2) is 6.29 Å². The molecule has 0 aliphatic rings. The van der Waals surface area contributed by atoms with E-state index in [1.54, 1.807) is 7.11 Å². The lowest BCUT2D eigenvalue weighted by Crippen LogP contribution is -2.27. The average Bonchev–Trinajstić information content (AvgIpc) is 2.82. The fourth-order valence-corrected chi connectivity index (χ4v) is 4.06. The number of amides is 1. The van der Waals surface area contributed by atoms with Gasteiger partial charge in [0.25, 0.3) is 0 Å². The zero-order valence-electron chi connectivity index (χ0n) is 21.4. The van der Waals surface area contributed by atoms with Crippen LogP contribution >= 0.6 is 0 Å². The summed E-state index contributed by atoms with van der Waals surface area (Å²) in [5.74, 6) is 0.106. The molecule has 190 valence electrons. The summed E-state index contributed by atoms with van der Waals surface area (Å²) < 4.78 is 11.1. The first kappa shape index (κ1) is 29.4. The van der Waals surface area contributed by atoms with E-state index in [9.17, 15) is 4.79 Å². The van der Waals surface area contributed by atoms with Crippen LogP contribution in [0.4, 0.5) is 5.69 Å². The maximum absolute atomic E-state index is 12.0. The predicted molar refractivity (Wildman–Crippen MR) is 139 cm³/mol. The number of methoxy groups -OCH3 is 1. The third-order valence-corrected chi connectivity index (χ3v) is 6.12. The van der Waals surface area contributed by atoms with Crippen molar-refractivity contribution in [2.24, 2.45) is 0 Å². The highest BCUT2D eigenvalue weighted by molar-refractivity contribution is 5.75. The number of nitrogens with two attached hydrogens (primary N) is 1. The van der Waals surface area contributed by atoms with Gasteiger partial charge in [0, 0.05) is 31.3 Å². The molecule has 1 unspecified atom stereocenters. The summed E-state index contributed by atoms with van der Waals surface area (Å²) in [6, 6.07) is 7.42. The van der Waals surface area contributed by atoms with Gasteiger partial charge in [-0.25, -0.2) is 0 Å². The minimum atomic E-state index is -0.446. The van der Waals surface area contributed by atoms with Crippen molar-refractivity contribution in [1.29, 1.82) is 0 Å². The maximum atomic E-state index is 12.0. The van der Waals surface area contributed by atoms with Gasteiger partial charge in [-0.1, -0.05) is 109 Å². The lowest BCUT2D eigenvalue weighted by molar-refractivity contribution is -0.131. The van der Waals surface area contributed by atoms with Gasteiger partial charge in [0.05, 0.1) is 6.61 Å². The van der Waals surface area contributed by atoms with Crippen LogP contribution in [0.25, 0.3) is 0 Å². The molecule has 0 heterocycles. The highest BCUT2D eigenvalue weighted by Crippen LogP contribution is 2.19. The van der Waals surface area contributed by atoms with E-state index >= 15 is 0 Å². The molecule has 0 fully saturated rings. The van der Waals surface area contributed by atoms with Gasteiger partial charge in [-0.15, -0.1) is 0 Å². The molecule has 1 aromatic carbocycles. The van der Waals surface area contributed by atoms with Gasteiger partial charge in [-0.2, -0.15) is 0 Å². The third-order valence-electron chi connectivity index (χ3n) is 6.12. The number of nitrogen functional groups attached to an aromatic ring is 1. The zero-order chi connectivity index (χ0) is 24.0. The summed E-state index contributed by atoms with van der Waals surface area (Å²) in [6.45, 7) is 3.18. The average molecular weight is 463 g/mol. The summed E-state index contributed by atoms with van der Waals surface area (Å²) >= 11 is 0. The van der Waals surface area contributed by atoms with Crippen LogP contribution in [0.1, 0.15) is 122 Å². The predicted octanol–water partition coefficient (Wildman–Crippen LogP) is 7.31. The summed E-state index contributed by atoms with van der Waals surface area (Å²) in [7, 11) is 1.61. The molecule has 5 nitrogen and oxygen atoms in total. The molecule has 1 aromatic rings. The zero-order valence-corrected chi connectivity index (χ0v) is 21.4. The normalized spacial score (nSPS) is 12.1. The van der Waals surface area contributed by atoms with Gasteiger partial charge in [-0.3, -0.25) is 4.79 Å². The van der Waals surface area contributed by atoms with Gasteiger partial charge >= 0.3 is 0 Å². The third kappa shape index (κ3) is 16.6. The Bertz CT molecular complexity index is 577. The first-order chi connectivity index (χ1) is 16.2. The molecule has 1 rings (SSSR count). The van der Waals surface area contributed by atoms with E-state index < -0.39 is 6.29 Å². The highest BCUT2D eigenvalue weighted by atomic mass is 16.7. The molecular formula is C28H50N2O3. The van der Waals surface area contributed by atoms with Crippen LogP contribution in [0, 0.1) is 0 Å². The van der Waals surface area contributed by atoms with Crippen LogP contribution in [0.15, 0.2) is 24.3 Å². The van der Waals surface area contributed by atoms with Crippen molar-refractivity contribution in [3.8, 4) is 0 Å². The van der Waals surface area contributed by atoms with Crippen molar-refractivity contribution in [3.63, 3.8) is 0 Å². The first-order valence-electron chi connectivity index (χ1n) is 13.4. The van der Waals surface area contributed by atoms with E-state index in [0.717, 1.165) is 18.4 Å². The van der Waals surface area contributed by atoms with Crippen molar-refractivity contribution in [1.82, 2.24) is 5.32 Å². The Labute approximate surface area is 203 Å². The van der Waals surface area contributed by atoms with Gasteiger partial charge in [0.1, 0.15) is 0 Å². The number of anilines is 1. The molecular weight excluding hydrogens is 412 g/mol. The Morgan fingerprint density at radius 2 is 1.30 bits per heavy atom. The highest BCUT2D eigenvalue weighted by Gasteiger charge is 2.10. The fourth-order valence-electron chi connectivity index (χ4n) is 4.06. The van der Waals surface area contributed by atoms with Crippen LogP contribution < -0.4 is 11.1 Å². The molecule has 0 saturated carbocycles. The topological polar surface area (TPSA) is 73.6 Å². The van der Waals surface area contributed by atoms with Crippen molar-refractivity contribution < 1.29 is 14.3 Å². The molecule has 0 radical (unpaired) electrons. The molecule has 0 bridgehead atoms. The molecule has 0 aliphatic carbocycles. The monoisotopic (exact) mass is 462 g/mol. The molecule has 3 N–H and O–H groups in total. The number of carbonyl (C=O) groups excluding carboxylic acids is 1. The van der Waals surface area contributed by atoms with Crippen molar-refractivity contribution in [3.05, 3.63) is 29.8 Å². The summed E-state index contributed by atoms with van der Waals surface area (Å²) in [5, 5.41) is 2.93. The molecule has 1 amide bonds. The van der Waals surface area contributed by atoms with E-state index in [-0.39, 0.29) is 5.91 Å². The lowest BCUT2D eigenvalue weighted by Gasteiger charge is -2.17. The summed E-state index contributed by atoms with van der Waals surface area (Å²) in [5.41, 5.74) is 7.33. The Morgan fingerprint density at radius 1 is 0.818 bits per heavy atom. The summed E-state index contributed by atoms with van der Waals surface area (Å²) in [4.78, 5) is 12.0. The van der Waals surface area contributed by atoms with Gasteiger partial charge in [0.2, 0.25) is 5.91 Å². The van der Waals surface area contributed by atoms with E-state index in [1.807, 2.05) is 24.3 Å². The molecule has 33 heavy (non-hydrogen) atoms. The number of hydrogen-bond donors (Lipinski definition) is 2. The Morgan fingerprint density at radius 3 is 1.79 bits per heavy atom. The van der Waals surface area contributed by atoms with Gasteiger partial charge in [-0.05, 0) is 18.6 Å². The molecule has 0 aliphatic heterocycles. The Balaban J connectivity index is 1.87. The van der Waals surface area contributed by atoms with Gasteiger partial charge < -0.3 is 20.5 Å². The second kappa shape index (κ2) is 21.0. The van der Waals surface area contributed by atoms with Crippen LogP contribution in [0.2, 0.25) is 0 Å². The van der Waals surface area contributed by atoms with Crippen molar-refractivity contribution in [2.75, 3.05) is 26.0 Å². The molecule has 0 aromatic heterocycles. The summed E-state index contributed by atoms with van der Waals surface area (Å²) in [6.07, 6.45) is 20.2. The SMILES string of the molecule is CCCCCCCCCCCCCCCCCC(=O)NCCOC(OC)c1ccc(N)cc1.